The molecule has 0 aliphatic carbocycles. The van der Waals surface area contributed by atoms with Gasteiger partial charge in [-0.05, 0) is 37.0 Å². The van der Waals surface area contributed by atoms with Gasteiger partial charge in [0.15, 0.2) is 0 Å². The third-order valence-corrected chi connectivity index (χ3v) is 3.93. The summed E-state index contributed by atoms with van der Waals surface area (Å²) in [6.07, 6.45) is 3.53. The Kier molecular flexibility index (Phi) is 4.42. The fraction of sp³-hybridized carbons (Fsp3) is 0.263. The molecule has 2 aromatic heterocycles. The first-order valence-electron chi connectivity index (χ1n) is 7.98. The van der Waals surface area contributed by atoms with E-state index < -0.39 is 0 Å². The Morgan fingerprint density at radius 3 is 2.70 bits per heavy atom. The van der Waals surface area contributed by atoms with Crippen LogP contribution in [0.2, 0.25) is 0 Å². The smallest absolute Gasteiger partial charge is 0.270 e. The maximum Gasteiger partial charge on any atom is 0.270 e. The Labute approximate surface area is 136 Å². The van der Waals surface area contributed by atoms with Crippen LogP contribution in [0.25, 0.3) is 5.65 Å². The van der Waals surface area contributed by atoms with Gasteiger partial charge in [0.2, 0.25) is 0 Å². The number of aryl methyl sites for hydroxylation is 2. The van der Waals surface area contributed by atoms with E-state index in [1.165, 1.54) is 5.56 Å². The van der Waals surface area contributed by atoms with Crippen molar-refractivity contribution in [3.63, 3.8) is 0 Å². The molecule has 0 saturated carbocycles. The van der Waals surface area contributed by atoms with Gasteiger partial charge in [0.05, 0.1) is 5.69 Å². The highest BCUT2D eigenvalue weighted by atomic mass is 16.1. The third kappa shape index (κ3) is 3.26. The minimum atomic E-state index is -0.0594. The molecule has 4 heteroatoms. The Balaban J connectivity index is 1.78. The zero-order valence-corrected chi connectivity index (χ0v) is 13.5. The van der Waals surface area contributed by atoms with E-state index in [9.17, 15) is 4.79 Å². The van der Waals surface area contributed by atoms with Gasteiger partial charge in [0, 0.05) is 12.7 Å². The molecule has 118 valence electrons. The van der Waals surface area contributed by atoms with Gasteiger partial charge in [-0.3, -0.25) is 9.20 Å². The molecular weight excluding hydrogens is 286 g/mol. The van der Waals surface area contributed by atoms with Crippen molar-refractivity contribution >= 4 is 11.6 Å². The summed E-state index contributed by atoms with van der Waals surface area (Å²) in [5, 5.41) is 3.02. The molecule has 0 spiro atoms. The monoisotopic (exact) mass is 307 g/mol. The van der Waals surface area contributed by atoms with Crippen molar-refractivity contribution in [3.8, 4) is 0 Å². The van der Waals surface area contributed by atoms with Crippen LogP contribution in [-0.4, -0.2) is 21.8 Å². The Bertz CT molecular complexity index is 821. The first kappa shape index (κ1) is 15.3. The average molecular weight is 307 g/mol. The maximum absolute atomic E-state index is 12.6. The standard InChI is InChI=1S/C19H21N3O/c1-3-16-18(22-13-14(2)9-10-17(22)21-16)19(23)20-12-11-15-7-5-4-6-8-15/h4-10,13H,3,11-12H2,1-2H3,(H,20,23). The number of hydrogen-bond donors (Lipinski definition) is 1. The Morgan fingerprint density at radius 2 is 1.96 bits per heavy atom. The average Bonchev–Trinajstić information content (AvgIpc) is 2.93. The van der Waals surface area contributed by atoms with Crippen LogP contribution in [0, 0.1) is 6.92 Å². The predicted octanol–water partition coefficient (Wildman–Crippen LogP) is 3.18. The van der Waals surface area contributed by atoms with Crippen LogP contribution in [-0.2, 0) is 12.8 Å². The van der Waals surface area contributed by atoms with Crippen LogP contribution >= 0.6 is 0 Å². The molecule has 0 radical (unpaired) electrons. The van der Waals surface area contributed by atoms with E-state index >= 15 is 0 Å². The maximum atomic E-state index is 12.6. The third-order valence-electron chi connectivity index (χ3n) is 3.93. The fourth-order valence-electron chi connectivity index (χ4n) is 2.74. The van der Waals surface area contributed by atoms with Crippen molar-refractivity contribution in [1.82, 2.24) is 14.7 Å². The van der Waals surface area contributed by atoms with Gasteiger partial charge >= 0.3 is 0 Å². The summed E-state index contributed by atoms with van der Waals surface area (Å²) in [6.45, 7) is 4.66. The van der Waals surface area contributed by atoms with Gasteiger partial charge in [-0.2, -0.15) is 0 Å². The second-order valence-corrected chi connectivity index (χ2v) is 5.69. The van der Waals surface area contributed by atoms with Gasteiger partial charge in [0.1, 0.15) is 11.3 Å². The van der Waals surface area contributed by atoms with Crippen LogP contribution in [0.1, 0.15) is 34.2 Å². The number of fused-ring (bicyclic) bond motifs is 1. The minimum Gasteiger partial charge on any atom is -0.350 e. The van der Waals surface area contributed by atoms with Crippen molar-refractivity contribution < 1.29 is 4.79 Å². The summed E-state index contributed by atoms with van der Waals surface area (Å²) in [5.74, 6) is -0.0594. The molecule has 1 N–H and O–H groups in total. The minimum absolute atomic E-state index is 0.0594. The van der Waals surface area contributed by atoms with E-state index in [1.807, 2.05) is 54.8 Å². The van der Waals surface area contributed by atoms with Crippen LogP contribution in [0.4, 0.5) is 0 Å². The van der Waals surface area contributed by atoms with Gasteiger partial charge < -0.3 is 5.32 Å². The lowest BCUT2D eigenvalue weighted by molar-refractivity contribution is 0.0947. The lowest BCUT2D eigenvalue weighted by Gasteiger charge is -2.07. The number of carbonyl (C=O) groups is 1. The lowest BCUT2D eigenvalue weighted by Crippen LogP contribution is -2.27. The molecule has 3 aromatic rings. The number of benzene rings is 1. The number of amides is 1. The second kappa shape index (κ2) is 6.65. The number of rotatable bonds is 5. The highest BCUT2D eigenvalue weighted by molar-refractivity contribution is 5.94. The molecule has 0 fully saturated rings. The number of aromatic nitrogens is 2. The highest BCUT2D eigenvalue weighted by Gasteiger charge is 2.17. The SMILES string of the molecule is CCc1nc2ccc(C)cn2c1C(=O)NCCc1ccccc1. The zero-order valence-electron chi connectivity index (χ0n) is 13.5. The normalized spacial score (nSPS) is 10.9. The van der Waals surface area contributed by atoms with E-state index in [0.717, 1.165) is 29.7 Å². The predicted molar refractivity (Wildman–Crippen MR) is 91.8 cm³/mol. The van der Waals surface area contributed by atoms with E-state index in [2.05, 4.69) is 22.4 Å². The molecule has 0 aliphatic rings. The van der Waals surface area contributed by atoms with Gasteiger partial charge in [-0.1, -0.05) is 43.3 Å². The molecule has 0 saturated heterocycles. The molecule has 0 atom stereocenters. The molecule has 4 nitrogen and oxygen atoms in total. The van der Waals surface area contributed by atoms with E-state index in [-0.39, 0.29) is 5.91 Å². The van der Waals surface area contributed by atoms with E-state index in [0.29, 0.717) is 12.2 Å². The summed E-state index contributed by atoms with van der Waals surface area (Å²) in [5.41, 5.74) is 4.64. The molecular formula is C19H21N3O. The van der Waals surface area contributed by atoms with Crippen LogP contribution in [0.15, 0.2) is 48.7 Å². The first-order chi connectivity index (χ1) is 11.2. The van der Waals surface area contributed by atoms with Gasteiger partial charge in [-0.15, -0.1) is 0 Å². The first-order valence-corrected chi connectivity index (χ1v) is 7.98. The largest absolute Gasteiger partial charge is 0.350 e. The topological polar surface area (TPSA) is 46.4 Å². The summed E-state index contributed by atoms with van der Waals surface area (Å²) in [4.78, 5) is 17.2. The van der Waals surface area contributed by atoms with Crippen molar-refractivity contribution in [2.24, 2.45) is 0 Å². The van der Waals surface area contributed by atoms with E-state index in [4.69, 9.17) is 0 Å². The van der Waals surface area contributed by atoms with Crippen molar-refractivity contribution in [1.29, 1.82) is 0 Å². The number of pyridine rings is 1. The Hall–Kier alpha value is -2.62. The lowest BCUT2D eigenvalue weighted by atomic mass is 10.1. The fourth-order valence-corrected chi connectivity index (χ4v) is 2.74. The Morgan fingerprint density at radius 1 is 1.17 bits per heavy atom. The molecule has 2 heterocycles. The van der Waals surface area contributed by atoms with Crippen LogP contribution in [0.5, 0.6) is 0 Å². The molecule has 1 aromatic carbocycles. The van der Waals surface area contributed by atoms with Crippen molar-refractivity contribution in [2.45, 2.75) is 26.7 Å². The molecule has 0 unspecified atom stereocenters. The number of carbonyl (C=O) groups excluding carboxylic acids is 1. The number of nitrogens with zero attached hydrogens (tertiary/aromatic N) is 2. The summed E-state index contributed by atoms with van der Waals surface area (Å²) in [6, 6.07) is 14.1. The van der Waals surface area contributed by atoms with Gasteiger partial charge in [-0.25, -0.2) is 4.98 Å². The summed E-state index contributed by atoms with van der Waals surface area (Å²) in [7, 11) is 0. The second-order valence-electron chi connectivity index (χ2n) is 5.69. The summed E-state index contributed by atoms with van der Waals surface area (Å²) < 4.78 is 1.89. The highest BCUT2D eigenvalue weighted by Crippen LogP contribution is 2.15. The van der Waals surface area contributed by atoms with Crippen LogP contribution < -0.4 is 5.32 Å². The quantitative estimate of drug-likeness (QED) is 0.787. The van der Waals surface area contributed by atoms with Crippen molar-refractivity contribution in [2.75, 3.05) is 6.54 Å². The molecule has 3 rings (SSSR count). The molecule has 0 bridgehead atoms. The molecule has 1 amide bonds. The number of imidazole rings is 1. The number of hydrogen-bond acceptors (Lipinski definition) is 2. The zero-order chi connectivity index (χ0) is 16.2. The van der Waals surface area contributed by atoms with E-state index in [1.54, 1.807) is 0 Å². The van der Waals surface area contributed by atoms with Crippen molar-refractivity contribution in [3.05, 3.63) is 71.2 Å². The number of nitrogens with one attached hydrogen (secondary N) is 1. The molecule has 23 heavy (non-hydrogen) atoms. The van der Waals surface area contributed by atoms with Gasteiger partial charge in [0.25, 0.3) is 5.91 Å². The summed E-state index contributed by atoms with van der Waals surface area (Å²) >= 11 is 0. The molecule has 0 aliphatic heterocycles. The van der Waals surface area contributed by atoms with Crippen LogP contribution in [0.3, 0.4) is 0 Å².